The molecule has 3 atom stereocenters. The van der Waals surface area contributed by atoms with Crippen LogP contribution in [0.5, 0.6) is 11.5 Å². The smallest absolute Gasteiger partial charge is 0.490 e. The quantitative estimate of drug-likeness (QED) is 0.270. The summed E-state index contributed by atoms with van der Waals surface area (Å²) in [4.78, 5) is 23.7. The summed E-state index contributed by atoms with van der Waals surface area (Å²) in [5.41, 5.74) is 1.81. The number of benzene rings is 2. The van der Waals surface area contributed by atoms with Gasteiger partial charge in [0.05, 0.1) is 19.2 Å². The summed E-state index contributed by atoms with van der Waals surface area (Å²) >= 11 is 7.24. The maximum absolute atomic E-state index is 13.3. The maximum Gasteiger partial charge on any atom is 0.490 e. The second-order valence-corrected chi connectivity index (χ2v) is 11.0. The molecule has 4 rings (SSSR count). The van der Waals surface area contributed by atoms with Crippen LogP contribution in [0.2, 0.25) is 5.02 Å². The van der Waals surface area contributed by atoms with E-state index in [0.717, 1.165) is 43.7 Å². The Bertz CT molecular complexity index is 1220. The number of rotatable bonds is 6. The number of carbonyl (C=O) groups is 2. The van der Waals surface area contributed by atoms with E-state index < -0.39 is 18.0 Å². The highest BCUT2D eigenvalue weighted by molar-refractivity contribution is 7.98. The van der Waals surface area contributed by atoms with Crippen LogP contribution < -0.4 is 19.5 Å². The zero-order chi connectivity index (χ0) is 29.7. The Hall–Kier alpha value is -2.90. The minimum absolute atomic E-state index is 0.0245. The number of anilines is 1. The molecular formula is C26H30ClF4N3O5S. The predicted octanol–water partition coefficient (Wildman–Crippen LogP) is 6.09. The van der Waals surface area contributed by atoms with Crippen LogP contribution in [0.25, 0.3) is 0 Å². The van der Waals surface area contributed by atoms with Crippen molar-refractivity contribution in [1.82, 2.24) is 9.62 Å². The molecule has 1 saturated carbocycles. The number of nitrogens with one attached hydrogen (secondary N) is 2. The second-order valence-electron chi connectivity index (χ2n) is 9.47. The lowest BCUT2D eigenvalue weighted by Gasteiger charge is -2.44. The third-order valence-electron chi connectivity index (χ3n) is 7.18. The summed E-state index contributed by atoms with van der Waals surface area (Å²) in [5, 5.41) is 10.1. The predicted molar refractivity (Wildman–Crippen MR) is 145 cm³/mol. The average molecular weight is 608 g/mol. The number of ether oxygens (including phenoxy) is 2. The molecule has 3 unspecified atom stereocenters. The van der Waals surface area contributed by atoms with Gasteiger partial charge in [0.15, 0.2) is 11.5 Å². The Morgan fingerprint density at radius 1 is 1.12 bits per heavy atom. The Morgan fingerprint density at radius 2 is 1.80 bits per heavy atom. The van der Waals surface area contributed by atoms with Gasteiger partial charge in [-0.15, -0.1) is 0 Å². The molecule has 220 valence electrons. The number of urea groups is 1. The molecule has 8 nitrogen and oxygen atoms in total. The summed E-state index contributed by atoms with van der Waals surface area (Å²) in [7, 11) is 5.50. The van der Waals surface area contributed by atoms with Crippen molar-refractivity contribution in [3.63, 3.8) is 0 Å². The fourth-order valence-electron chi connectivity index (χ4n) is 5.20. The molecule has 40 heavy (non-hydrogen) atoms. The lowest BCUT2D eigenvalue weighted by atomic mass is 9.66. The number of carboxylic acids is 1. The van der Waals surface area contributed by atoms with Gasteiger partial charge < -0.3 is 24.8 Å². The van der Waals surface area contributed by atoms with Crippen LogP contribution in [0.4, 0.5) is 28.0 Å². The monoisotopic (exact) mass is 607 g/mol. The number of hydrogen-bond acceptors (Lipinski definition) is 6. The van der Waals surface area contributed by atoms with E-state index in [1.165, 1.54) is 35.7 Å². The fraction of sp³-hybridized carbons (Fsp3) is 0.462. The normalized spacial score (nSPS) is 22.4. The lowest BCUT2D eigenvalue weighted by Crippen LogP contribution is -2.47. The van der Waals surface area contributed by atoms with Crippen LogP contribution in [-0.2, 0) is 10.2 Å². The van der Waals surface area contributed by atoms with E-state index in [1.54, 1.807) is 14.2 Å². The number of likely N-dealkylation sites (N-methyl/N-ethyl adjacent to an activating group) is 1. The van der Waals surface area contributed by atoms with Gasteiger partial charge in [0.25, 0.3) is 0 Å². The van der Waals surface area contributed by atoms with Gasteiger partial charge in [-0.2, -0.15) is 13.2 Å². The Labute approximate surface area is 238 Å². The molecule has 1 saturated heterocycles. The molecule has 3 N–H and O–H groups in total. The van der Waals surface area contributed by atoms with E-state index in [1.807, 2.05) is 6.07 Å². The number of aliphatic carboxylic acids is 1. The minimum Gasteiger partial charge on any atom is -0.493 e. The summed E-state index contributed by atoms with van der Waals surface area (Å²) in [6, 6.07) is 10.4. The summed E-state index contributed by atoms with van der Waals surface area (Å²) in [6.07, 6.45) is -0.990. The van der Waals surface area contributed by atoms with Crippen molar-refractivity contribution in [2.24, 2.45) is 0 Å². The number of carboxylic acid groups (broad SMARTS) is 1. The molecule has 0 aromatic heterocycles. The zero-order valence-corrected chi connectivity index (χ0v) is 23.6. The molecule has 0 spiro atoms. The number of nitrogens with zero attached hydrogens (tertiary/aromatic N) is 1. The van der Waals surface area contributed by atoms with Crippen molar-refractivity contribution in [3.8, 4) is 11.5 Å². The first-order valence-electron chi connectivity index (χ1n) is 12.2. The van der Waals surface area contributed by atoms with Crippen LogP contribution in [0, 0.1) is 5.82 Å². The van der Waals surface area contributed by atoms with Gasteiger partial charge in [0, 0.05) is 22.4 Å². The lowest BCUT2D eigenvalue weighted by molar-refractivity contribution is -0.192. The van der Waals surface area contributed by atoms with Crippen molar-refractivity contribution in [2.45, 2.75) is 48.6 Å². The van der Waals surface area contributed by atoms with E-state index in [0.29, 0.717) is 17.0 Å². The van der Waals surface area contributed by atoms with Crippen molar-refractivity contribution in [3.05, 3.63) is 52.8 Å². The molecule has 0 bridgehead atoms. The van der Waals surface area contributed by atoms with E-state index in [2.05, 4.69) is 34.1 Å². The Kier molecular flexibility index (Phi) is 10.4. The molecule has 1 aliphatic carbocycles. The van der Waals surface area contributed by atoms with Gasteiger partial charge >= 0.3 is 18.2 Å². The van der Waals surface area contributed by atoms with E-state index >= 15 is 0 Å². The highest BCUT2D eigenvalue weighted by Gasteiger charge is 2.50. The van der Waals surface area contributed by atoms with Crippen molar-refractivity contribution >= 4 is 41.2 Å². The molecule has 2 aromatic rings. The van der Waals surface area contributed by atoms with Crippen LogP contribution in [0.15, 0.2) is 36.4 Å². The Balaban J connectivity index is 0.000000559. The number of carbonyl (C=O) groups excluding carboxylic acids is 1. The van der Waals surface area contributed by atoms with E-state index in [9.17, 15) is 22.4 Å². The van der Waals surface area contributed by atoms with Crippen molar-refractivity contribution < 1.29 is 41.7 Å². The number of amides is 2. The third-order valence-corrected chi connectivity index (χ3v) is 8.53. The first kappa shape index (κ1) is 31.6. The number of halogens is 5. The van der Waals surface area contributed by atoms with Crippen LogP contribution in [0.3, 0.4) is 0 Å². The molecule has 14 heteroatoms. The SMILES string of the molecule is COc1ccc(C23CCC(SNC(=O)Nc4ccc(F)c(Cl)c4)CC2N(C)CC3)cc1OC.O=C(O)C(F)(F)F. The largest absolute Gasteiger partial charge is 0.493 e. The molecule has 1 heterocycles. The molecular weight excluding hydrogens is 578 g/mol. The molecule has 2 amide bonds. The minimum atomic E-state index is -5.08. The summed E-state index contributed by atoms with van der Waals surface area (Å²) < 4.78 is 58.9. The first-order chi connectivity index (χ1) is 18.8. The molecule has 0 radical (unpaired) electrons. The summed E-state index contributed by atoms with van der Waals surface area (Å²) in [6.45, 7) is 1.04. The number of methoxy groups -OCH3 is 2. The van der Waals surface area contributed by atoms with Crippen molar-refractivity contribution in [2.75, 3.05) is 33.1 Å². The maximum atomic E-state index is 13.3. The van der Waals surface area contributed by atoms with Gasteiger partial charge in [-0.05, 0) is 87.1 Å². The topological polar surface area (TPSA) is 100 Å². The molecule has 2 aromatic carbocycles. The van der Waals surface area contributed by atoms with E-state index in [-0.39, 0.29) is 16.5 Å². The van der Waals surface area contributed by atoms with Crippen molar-refractivity contribution in [1.29, 1.82) is 0 Å². The first-order valence-corrected chi connectivity index (χ1v) is 13.5. The number of alkyl halides is 3. The zero-order valence-electron chi connectivity index (χ0n) is 22.0. The van der Waals surface area contributed by atoms with Gasteiger partial charge in [0.1, 0.15) is 5.82 Å². The molecule has 2 fully saturated rings. The van der Waals surface area contributed by atoms with Gasteiger partial charge in [-0.25, -0.2) is 14.0 Å². The third kappa shape index (κ3) is 7.43. The van der Waals surface area contributed by atoms with Crippen LogP contribution in [0.1, 0.15) is 31.2 Å². The number of likely N-dealkylation sites (tertiary alicyclic amines) is 1. The second kappa shape index (κ2) is 13.2. The molecule has 2 aliphatic rings. The average Bonchev–Trinajstić information content (AvgIpc) is 3.25. The Morgan fingerprint density at radius 3 is 2.40 bits per heavy atom. The highest BCUT2D eigenvalue weighted by atomic mass is 35.5. The highest BCUT2D eigenvalue weighted by Crippen LogP contribution is 2.51. The van der Waals surface area contributed by atoms with Gasteiger partial charge in [0.2, 0.25) is 0 Å². The van der Waals surface area contributed by atoms with Crippen LogP contribution >= 0.6 is 23.5 Å². The fourth-order valence-corrected chi connectivity index (χ4v) is 6.22. The standard InChI is InChI=1S/C24H29ClFN3O3S.C2HF3O2/c1-29-11-10-24(15-4-7-20(31-2)21(12-15)32-3)9-8-17(14-22(24)29)33-28-23(30)27-16-5-6-19(26)18(25)13-16;3-2(4,5)1(6)7/h4-7,12-13,17,22H,8-11,14H2,1-3H3,(H2,27,28,30);(H,6,7). The van der Waals surface area contributed by atoms with E-state index in [4.69, 9.17) is 31.0 Å². The molecule has 1 aliphatic heterocycles. The van der Waals surface area contributed by atoms with Gasteiger partial charge in [-0.1, -0.05) is 17.7 Å². The summed E-state index contributed by atoms with van der Waals surface area (Å²) in [5.74, 6) is -1.78. The van der Waals surface area contributed by atoms with Crippen LogP contribution in [-0.4, -0.2) is 67.3 Å². The number of fused-ring (bicyclic) bond motifs is 1. The van der Waals surface area contributed by atoms with Gasteiger partial charge in [-0.3, -0.25) is 4.72 Å². The number of hydrogen-bond donors (Lipinski definition) is 3.